The van der Waals surface area contributed by atoms with Crippen molar-refractivity contribution in [1.29, 1.82) is 0 Å². The van der Waals surface area contributed by atoms with E-state index in [4.69, 9.17) is 16.6 Å². The molecule has 5 N–H and O–H groups in total. The maximum Gasteiger partial charge on any atom is 0.0816 e. The maximum atomic E-state index is 9.14. The molecular formula is C14H19N3O. The van der Waals surface area contributed by atoms with E-state index in [0.717, 1.165) is 29.8 Å². The van der Waals surface area contributed by atoms with Gasteiger partial charge in [0.25, 0.3) is 0 Å². The van der Waals surface area contributed by atoms with Gasteiger partial charge in [-0.15, -0.1) is 0 Å². The number of nitrogen functional groups attached to an aromatic ring is 2. The Morgan fingerprint density at radius 2 is 2.06 bits per heavy atom. The molecular weight excluding hydrogens is 226 g/mol. The molecule has 1 atom stereocenters. The second-order valence-electron chi connectivity index (χ2n) is 4.67. The molecule has 0 saturated heterocycles. The minimum Gasteiger partial charge on any atom is -0.399 e. The van der Waals surface area contributed by atoms with Gasteiger partial charge in [-0.1, -0.05) is 6.08 Å². The fourth-order valence-corrected chi connectivity index (χ4v) is 2.26. The van der Waals surface area contributed by atoms with Crippen molar-refractivity contribution in [3.8, 4) is 0 Å². The van der Waals surface area contributed by atoms with Gasteiger partial charge >= 0.3 is 0 Å². The highest BCUT2D eigenvalue weighted by molar-refractivity contribution is 5.75. The molecule has 1 aromatic carbocycles. The lowest BCUT2D eigenvalue weighted by molar-refractivity contribution is 0.254. The Balaban J connectivity index is 2.08. The summed E-state index contributed by atoms with van der Waals surface area (Å²) in [5.74, 6) is 0. The van der Waals surface area contributed by atoms with E-state index in [2.05, 4.69) is 4.99 Å². The Kier molecular flexibility index (Phi) is 3.67. The number of anilines is 2. The number of hydrogen-bond donors (Lipinski definition) is 3. The van der Waals surface area contributed by atoms with E-state index >= 15 is 0 Å². The smallest absolute Gasteiger partial charge is 0.0816 e. The number of aliphatic hydroxyl groups excluding tert-OH is 1. The molecule has 1 unspecified atom stereocenters. The van der Waals surface area contributed by atoms with E-state index in [-0.39, 0.29) is 12.1 Å². The molecule has 0 fully saturated rings. The first kappa shape index (κ1) is 12.6. The number of nitrogens with zero attached hydrogens (tertiary/aromatic N) is 1. The van der Waals surface area contributed by atoms with Crippen LogP contribution >= 0.6 is 0 Å². The Morgan fingerprint density at radius 1 is 1.22 bits per heavy atom. The van der Waals surface area contributed by atoms with Gasteiger partial charge in [-0.3, -0.25) is 4.99 Å². The van der Waals surface area contributed by atoms with Gasteiger partial charge in [0.1, 0.15) is 0 Å². The van der Waals surface area contributed by atoms with E-state index in [1.165, 1.54) is 0 Å². The van der Waals surface area contributed by atoms with Crippen LogP contribution < -0.4 is 11.5 Å². The Morgan fingerprint density at radius 3 is 2.72 bits per heavy atom. The van der Waals surface area contributed by atoms with Gasteiger partial charge in [0.05, 0.1) is 5.54 Å². The standard InChI is InChI=1S/C14H19N3O/c15-12-2-3-13(16)11(10-12)4-6-14(7-9-18)5-1-8-17-14/h1-3,5,8,10,18H,4,6-7,9,15-16H2. The number of hydrogen-bond acceptors (Lipinski definition) is 4. The van der Waals surface area contributed by atoms with Crippen LogP contribution in [-0.4, -0.2) is 23.5 Å². The molecule has 0 aromatic heterocycles. The van der Waals surface area contributed by atoms with Crippen molar-refractivity contribution in [3.05, 3.63) is 35.9 Å². The molecule has 0 radical (unpaired) electrons. The highest BCUT2D eigenvalue weighted by Crippen LogP contribution is 2.29. The molecule has 96 valence electrons. The topological polar surface area (TPSA) is 84.6 Å². The van der Waals surface area contributed by atoms with Gasteiger partial charge in [0.2, 0.25) is 0 Å². The summed E-state index contributed by atoms with van der Waals surface area (Å²) in [6, 6.07) is 5.54. The molecule has 18 heavy (non-hydrogen) atoms. The molecule has 1 aromatic rings. The Hall–Kier alpha value is -1.81. The second kappa shape index (κ2) is 5.23. The third-order valence-corrected chi connectivity index (χ3v) is 3.36. The molecule has 0 aliphatic carbocycles. The molecule has 0 bridgehead atoms. The summed E-state index contributed by atoms with van der Waals surface area (Å²) in [5.41, 5.74) is 13.9. The lowest BCUT2D eigenvalue weighted by Gasteiger charge is -2.23. The zero-order valence-electron chi connectivity index (χ0n) is 10.3. The van der Waals surface area contributed by atoms with Crippen molar-refractivity contribution >= 4 is 17.6 Å². The van der Waals surface area contributed by atoms with Crippen molar-refractivity contribution < 1.29 is 5.11 Å². The van der Waals surface area contributed by atoms with E-state index in [9.17, 15) is 0 Å². The first-order valence-corrected chi connectivity index (χ1v) is 6.13. The summed E-state index contributed by atoms with van der Waals surface area (Å²) in [5, 5.41) is 9.14. The third-order valence-electron chi connectivity index (χ3n) is 3.36. The summed E-state index contributed by atoms with van der Waals surface area (Å²) >= 11 is 0. The monoisotopic (exact) mass is 245 g/mol. The van der Waals surface area contributed by atoms with Crippen LogP contribution in [-0.2, 0) is 6.42 Å². The lowest BCUT2D eigenvalue weighted by atomic mass is 9.89. The number of aryl methyl sites for hydroxylation is 1. The van der Waals surface area contributed by atoms with Gasteiger partial charge in [-0.25, -0.2) is 0 Å². The van der Waals surface area contributed by atoms with E-state index < -0.39 is 0 Å². The summed E-state index contributed by atoms with van der Waals surface area (Å²) in [4.78, 5) is 4.46. The van der Waals surface area contributed by atoms with Gasteiger partial charge in [0, 0.05) is 24.2 Å². The van der Waals surface area contributed by atoms with Gasteiger partial charge in [-0.05, 0) is 49.1 Å². The molecule has 1 heterocycles. The predicted octanol–water partition coefficient (Wildman–Crippen LogP) is 1.55. The maximum absolute atomic E-state index is 9.14. The molecule has 2 rings (SSSR count). The van der Waals surface area contributed by atoms with Crippen molar-refractivity contribution in [2.75, 3.05) is 18.1 Å². The number of aliphatic hydroxyl groups is 1. The van der Waals surface area contributed by atoms with Gasteiger partial charge in [0.15, 0.2) is 0 Å². The zero-order chi connectivity index (χ0) is 13.0. The number of allylic oxidation sites excluding steroid dienone is 1. The molecule has 1 aliphatic heterocycles. The third kappa shape index (κ3) is 2.71. The first-order chi connectivity index (χ1) is 8.65. The highest BCUT2D eigenvalue weighted by Gasteiger charge is 2.27. The second-order valence-corrected chi connectivity index (χ2v) is 4.67. The van der Waals surface area contributed by atoms with Crippen LogP contribution in [0.15, 0.2) is 35.3 Å². The molecule has 4 heteroatoms. The highest BCUT2D eigenvalue weighted by atomic mass is 16.3. The van der Waals surface area contributed by atoms with Crippen LogP contribution in [0.4, 0.5) is 11.4 Å². The number of rotatable bonds is 5. The molecule has 4 nitrogen and oxygen atoms in total. The molecule has 0 saturated carbocycles. The van der Waals surface area contributed by atoms with E-state index in [0.29, 0.717) is 6.42 Å². The van der Waals surface area contributed by atoms with Crippen LogP contribution in [0, 0.1) is 0 Å². The van der Waals surface area contributed by atoms with Crippen LogP contribution in [0.5, 0.6) is 0 Å². The number of aliphatic imine (C=N–C) groups is 1. The van der Waals surface area contributed by atoms with Crippen LogP contribution in [0.2, 0.25) is 0 Å². The van der Waals surface area contributed by atoms with Crippen molar-refractivity contribution in [1.82, 2.24) is 0 Å². The minimum absolute atomic E-state index is 0.133. The fraction of sp³-hybridized carbons (Fsp3) is 0.357. The zero-order valence-corrected chi connectivity index (χ0v) is 10.3. The van der Waals surface area contributed by atoms with Crippen LogP contribution in [0.3, 0.4) is 0 Å². The SMILES string of the molecule is Nc1ccc(N)c(CCC2(CCO)C=CC=N2)c1. The number of benzene rings is 1. The minimum atomic E-state index is -0.272. The summed E-state index contributed by atoms with van der Waals surface area (Å²) in [7, 11) is 0. The number of nitrogens with two attached hydrogens (primary N) is 2. The van der Waals surface area contributed by atoms with E-state index in [1.807, 2.05) is 24.3 Å². The summed E-state index contributed by atoms with van der Waals surface area (Å²) < 4.78 is 0. The average Bonchev–Trinajstić information content (AvgIpc) is 2.80. The summed E-state index contributed by atoms with van der Waals surface area (Å²) in [6.07, 6.45) is 8.04. The van der Waals surface area contributed by atoms with Crippen molar-refractivity contribution in [2.45, 2.75) is 24.8 Å². The summed E-state index contributed by atoms with van der Waals surface area (Å²) in [6.45, 7) is 0.133. The molecule has 1 aliphatic rings. The van der Waals surface area contributed by atoms with Crippen molar-refractivity contribution in [3.63, 3.8) is 0 Å². The van der Waals surface area contributed by atoms with Gasteiger partial charge < -0.3 is 16.6 Å². The average molecular weight is 245 g/mol. The molecule has 0 spiro atoms. The predicted molar refractivity (Wildman–Crippen MR) is 75.7 cm³/mol. The molecule has 0 amide bonds. The van der Waals surface area contributed by atoms with E-state index in [1.54, 1.807) is 12.3 Å². The first-order valence-electron chi connectivity index (χ1n) is 6.13. The van der Waals surface area contributed by atoms with Crippen LogP contribution in [0.25, 0.3) is 0 Å². The van der Waals surface area contributed by atoms with Crippen molar-refractivity contribution in [2.24, 2.45) is 4.99 Å². The largest absolute Gasteiger partial charge is 0.399 e. The van der Waals surface area contributed by atoms with Crippen LogP contribution in [0.1, 0.15) is 18.4 Å². The Labute approximate surface area is 107 Å². The fourth-order valence-electron chi connectivity index (χ4n) is 2.26. The van der Waals surface area contributed by atoms with Gasteiger partial charge in [-0.2, -0.15) is 0 Å². The quantitative estimate of drug-likeness (QED) is 0.688. The lowest BCUT2D eigenvalue weighted by Crippen LogP contribution is -2.24. The normalized spacial score (nSPS) is 21.6. The Bertz CT molecular complexity index is 468.